The van der Waals surface area contributed by atoms with Crippen LogP contribution in [0.25, 0.3) is 0 Å². The third kappa shape index (κ3) is 3.66. The molecule has 1 aromatic heterocycles. The maximum absolute atomic E-state index is 11.3. The van der Waals surface area contributed by atoms with Gasteiger partial charge in [-0.2, -0.15) is 11.3 Å². The topological polar surface area (TPSA) is 46.2 Å². The van der Waals surface area contributed by atoms with Crippen molar-refractivity contribution in [1.82, 2.24) is 5.32 Å². The van der Waals surface area contributed by atoms with Crippen molar-refractivity contribution in [3.05, 3.63) is 52.2 Å². The zero-order chi connectivity index (χ0) is 13.0. The zero-order valence-electron chi connectivity index (χ0n) is 10.1. The lowest BCUT2D eigenvalue weighted by Gasteiger charge is -2.04. The van der Waals surface area contributed by atoms with Crippen molar-refractivity contribution in [3.63, 3.8) is 0 Å². The van der Waals surface area contributed by atoms with Crippen molar-refractivity contribution in [1.29, 1.82) is 0 Å². The molecule has 0 aliphatic heterocycles. The maximum Gasteiger partial charge on any atom is 0.175 e. The van der Waals surface area contributed by atoms with Crippen LogP contribution in [0, 0.1) is 0 Å². The quantitative estimate of drug-likeness (QED) is 0.915. The standard InChI is InChI=1S/C13H15NO2S2/c1-18(15,16)13-4-2-11(3-5-13)8-14-9-12-6-7-17-10-12/h2-7,10,14H,8-9H2,1H3. The molecule has 0 spiro atoms. The summed E-state index contributed by atoms with van der Waals surface area (Å²) in [6.45, 7) is 1.57. The van der Waals surface area contributed by atoms with Gasteiger partial charge in [0.15, 0.2) is 9.84 Å². The van der Waals surface area contributed by atoms with Gasteiger partial charge >= 0.3 is 0 Å². The molecule has 0 bridgehead atoms. The fourth-order valence-corrected chi connectivity index (χ4v) is 2.90. The zero-order valence-corrected chi connectivity index (χ0v) is 11.7. The Labute approximate surface area is 111 Å². The second-order valence-electron chi connectivity index (χ2n) is 4.15. The molecule has 0 fully saturated rings. The molecule has 0 atom stereocenters. The van der Waals surface area contributed by atoms with Crippen LogP contribution in [-0.4, -0.2) is 14.7 Å². The second kappa shape index (κ2) is 5.65. The summed E-state index contributed by atoms with van der Waals surface area (Å²) in [6, 6.07) is 9.08. The highest BCUT2D eigenvalue weighted by molar-refractivity contribution is 7.90. The highest BCUT2D eigenvalue weighted by atomic mass is 32.2. The van der Waals surface area contributed by atoms with Crippen molar-refractivity contribution in [2.24, 2.45) is 0 Å². The molecule has 0 unspecified atom stereocenters. The monoisotopic (exact) mass is 281 g/mol. The molecule has 1 heterocycles. The third-order valence-corrected chi connectivity index (χ3v) is 4.45. The van der Waals surface area contributed by atoms with E-state index in [4.69, 9.17) is 0 Å². The maximum atomic E-state index is 11.3. The number of rotatable bonds is 5. The van der Waals surface area contributed by atoms with Crippen molar-refractivity contribution in [2.75, 3.05) is 6.26 Å². The van der Waals surface area contributed by atoms with Gasteiger partial charge in [-0.05, 0) is 40.1 Å². The average Bonchev–Trinajstić information content (AvgIpc) is 2.82. The lowest BCUT2D eigenvalue weighted by molar-refractivity contribution is 0.602. The van der Waals surface area contributed by atoms with Crippen LogP contribution >= 0.6 is 11.3 Å². The van der Waals surface area contributed by atoms with Gasteiger partial charge in [0.2, 0.25) is 0 Å². The summed E-state index contributed by atoms with van der Waals surface area (Å²) in [5.74, 6) is 0. The van der Waals surface area contributed by atoms with Crippen LogP contribution in [0.4, 0.5) is 0 Å². The van der Waals surface area contributed by atoms with Crippen molar-refractivity contribution in [2.45, 2.75) is 18.0 Å². The van der Waals surface area contributed by atoms with E-state index < -0.39 is 9.84 Å². The number of benzene rings is 1. The summed E-state index contributed by atoms with van der Waals surface area (Å²) in [5, 5.41) is 7.48. The molecule has 0 saturated carbocycles. The molecule has 0 amide bonds. The Hall–Kier alpha value is -1.17. The van der Waals surface area contributed by atoms with Crippen molar-refractivity contribution < 1.29 is 8.42 Å². The van der Waals surface area contributed by atoms with E-state index in [9.17, 15) is 8.42 Å². The van der Waals surface area contributed by atoms with Crippen molar-refractivity contribution >= 4 is 21.2 Å². The SMILES string of the molecule is CS(=O)(=O)c1ccc(CNCc2ccsc2)cc1. The molecule has 3 nitrogen and oxygen atoms in total. The first-order chi connectivity index (χ1) is 8.55. The molecule has 5 heteroatoms. The van der Waals surface area contributed by atoms with Crippen LogP contribution in [0.1, 0.15) is 11.1 Å². The van der Waals surface area contributed by atoms with Gasteiger partial charge in [-0.15, -0.1) is 0 Å². The Morgan fingerprint density at radius 3 is 2.28 bits per heavy atom. The van der Waals surface area contributed by atoms with Crippen LogP contribution in [-0.2, 0) is 22.9 Å². The number of sulfone groups is 1. The summed E-state index contributed by atoms with van der Waals surface area (Å²) >= 11 is 1.68. The van der Waals surface area contributed by atoms with Gasteiger partial charge in [0.1, 0.15) is 0 Å². The molecule has 1 aromatic carbocycles. The lowest BCUT2D eigenvalue weighted by Crippen LogP contribution is -2.12. The predicted octanol–water partition coefficient (Wildman–Crippen LogP) is 2.44. The van der Waals surface area contributed by atoms with E-state index >= 15 is 0 Å². The van der Waals surface area contributed by atoms with Gasteiger partial charge in [0, 0.05) is 19.3 Å². The van der Waals surface area contributed by atoms with Gasteiger partial charge in [-0.1, -0.05) is 12.1 Å². The van der Waals surface area contributed by atoms with Gasteiger partial charge in [-0.3, -0.25) is 0 Å². The molecule has 2 aromatic rings. The first kappa shape index (κ1) is 13.3. The Morgan fingerprint density at radius 1 is 1.06 bits per heavy atom. The highest BCUT2D eigenvalue weighted by Gasteiger charge is 2.05. The van der Waals surface area contributed by atoms with E-state index in [0.29, 0.717) is 4.90 Å². The molecule has 1 N–H and O–H groups in total. The minimum Gasteiger partial charge on any atom is -0.309 e. The summed E-state index contributed by atoms with van der Waals surface area (Å²) in [7, 11) is -3.09. The average molecular weight is 281 g/mol. The normalized spacial score (nSPS) is 11.6. The molecule has 18 heavy (non-hydrogen) atoms. The molecule has 96 valence electrons. The summed E-state index contributed by atoms with van der Waals surface area (Å²) in [5.41, 5.74) is 2.35. The summed E-state index contributed by atoms with van der Waals surface area (Å²) in [6.07, 6.45) is 1.22. The molecule has 2 rings (SSSR count). The van der Waals surface area contributed by atoms with Gasteiger partial charge in [-0.25, -0.2) is 8.42 Å². The molecular weight excluding hydrogens is 266 g/mol. The van der Waals surface area contributed by atoms with Crippen LogP contribution < -0.4 is 5.32 Å². The van der Waals surface area contributed by atoms with Crippen LogP contribution in [0.3, 0.4) is 0 Å². The van der Waals surface area contributed by atoms with Gasteiger partial charge in [0.25, 0.3) is 0 Å². The largest absolute Gasteiger partial charge is 0.309 e. The third-order valence-electron chi connectivity index (χ3n) is 2.59. The second-order valence-corrected chi connectivity index (χ2v) is 6.95. The fraction of sp³-hybridized carbons (Fsp3) is 0.231. The summed E-state index contributed by atoms with van der Waals surface area (Å²) in [4.78, 5) is 0.365. The van der Waals surface area contributed by atoms with E-state index in [1.807, 2.05) is 12.1 Å². The smallest absolute Gasteiger partial charge is 0.175 e. The van der Waals surface area contributed by atoms with E-state index in [0.717, 1.165) is 18.7 Å². The van der Waals surface area contributed by atoms with Crippen LogP contribution in [0.5, 0.6) is 0 Å². The van der Waals surface area contributed by atoms with Gasteiger partial charge < -0.3 is 5.32 Å². The molecule has 0 aliphatic carbocycles. The predicted molar refractivity (Wildman–Crippen MR) is 74.4 cm³/mol. The fourth-order valence-electron chi connectivity index (χ4n) is 1.60. The number of nitrogens with one attached hydrogen (secondary N) is 1. The number of hydrogen-bond acceptors (Lipinski definition) is 4. The lowest BCUT2D eigenvalue weighted by atomic mass is 10.2. The molecule has 0 saturated heterocycles. The number of hydrogen-bond donors (Lipinski definition) is 1. The van der Waals surface area contributed by atoms with E-state index in [-0.39, 0.29) is 0 Å². The Balaban J connectivity index is 1.91. The molecular formula is C13H15NO2S2. The minimum atomic E-state index is -3.09. The highest BCUT2D eigenvalue weighted by Crippen LogP contribution is 2.10. The van der Waals surface area contributed by atoms with E-state index in [1.165, 1.54) is 11.8 Å². The molecule has 0 aliphatic rings. The Kier molecular flexibility index (Phi) is 4.16. The molecule has 0 radical (unpaired) electrons. The van der Waals surface area contributed by atoms with Crippen molar-refractivity contribution in [3.8, 4) is 0 Å². The summed E-state index contributed by atoms with van der Waals surface area (Å²) < 4.78 is 22.6. The Bertz CT molecular complexity index is 586. The van der Waals surface area contributed by atoms with Crippen LogP contribution in [0.15, 0.2) is 46.0 Å². The van der Waals surface area contributed by atoms with Gasteiger partial charge in [0.05, 0.1) is 4.90 Å². The van der Waals surface area contributed by atoms with E-state index in [1.54, 1.807) is 23.5 Å². The Morgan fingerprint density at radius 2 is 1.72 bits per heavy atom. The first-order valence-corrected chi connectivity index (χ1v) is 8.40. The van der Waals surface area contributed by atoms with E-state index in [2.05, 4.69) is 22.1 Å². The first-order valence-electron chi connectivity index (χ1n) is 5.56. The number of thiophene rings is 1. The minimum absolute atomic E-state index is 0.365. The van der Waals surface area contributed by atoms with Crippen LogP contribution in [0.2, 0.25) is 0 Å².